The standard InChI is InChI=1S/C19H30N2O4/c1-15(2)25-11-10-24-13-16-4-3-5-17(12-16)21-18(22)19(14-20)6-8-23-9-7-19/h3-5,12,15H,6-11,13-14,20H2,1-2H3,(H,21,22). The Hall–Kier alpha value is -1.47. The normalized spacial score (nSPS) is 16.8. The summed E-state index contributed by atoms with van der Waals surface area (Å²) in [7, 11) is 0. The highest BCUT2D eigenvalue weighted by atomic mass is 16.5. The average Bonchev–Trinajstić information content (AvgIpc) is 2.62. The number of nitrogens with two attached hydrogens (primary N) is 1. The van der Waals surface area contributed by atoms with E-state index in [0.717, 1.165) is 11.3 Å². The maximum absolute atomic E-state index is 12.7. The van der Waals surface area contributed by atoms with E-state index >= 15 is 0 Å². The maximum Gasteiger partial charge on any atom is 0.232 e. The van der Waals surface area contributed by atoms with Crippen molar-refractivity contribution in [1.82, 2.24) is 0 Å². The van der Waals surface area contributed by atoms with Crippen molar-refractivity contribution >= 4 is 11.6 Å². The van der Waals surface area contributed by atoms with Crippen LogP contribution in [0.1, 0.15) is 32.3 Å². The Morgan fingerprint density at radius 1 is 1.32 bits per heavy atom. The third-order valence-corrected chi connectivity index (χ3v) is 4.45. The highest BCUT2D eigenvalue weighted by Crippen LogP contribution is 2.31. The molecule has 140 valence electrons. The largest absolute Gasteiger partial charge is 0.381 e. The number of amides is 1. The van der Waals surface area contributed by atoms with E-state index in [0.29, 0.717) is 52.4 Å². The van der Waals surface area contributed by atoms with Crippen molar-refractivity contribution < 1.29 is 19.0 Å². The molecule has 0 unspecified atom stereocenters. The zero-order chi connectivity index (χ0) is 18.1. The molecule has 1 aliphatic heterocycles. The molecule has 1 saturated heterocycles. The highest BCUT2D eigenvalue weighted by Gasteiger charge is 2.38. The Labute approximate surface area is 150 Å². The van der Waals surface area contributed by atoms with Gasteiger partial charge in [-0.1, -0.05) is 12.1 Å². The van der Waals surface area contributed by atoms with Crippen molar-refractivity contribution in [3.63, 3.8) is 0 Å². The molecule has 0 radical (unpaired) electrons. The summed E-state index contributed by atoms with van der Waals surface area (Å²) in [6.07, 6.45) is 1.53. The minimum atomic E-state index is -0.529. The van der Waals surface area contributed by atoms with Gasteiger partial charge >= 0.3 is 0 Å². The van der Waals surface area contributed by atoms with Crippen LogP contribution in [0.15, 0.2) is 24.3 Å². The molecule has 1 heterocycles. The molecule has 0 spiro atoms. The summed E-state index contributed by atoms with van der Waals surface area (Å²) in [4.78, 5) is 12.7. The molecule has 1 fully saturated rings. The Bertz CT molecular complexity index is 542. The Morgan fingerprint density at radius 2 is 2.08 bits per heavy atom. The minimum absolute atomic E-state index is 0.0262. The van der Waals surface area contributed by atoms with E-state index in [-0.39, 0.29) is 12.0 Å². The van der Waals surface area contributed by atoms with Gasteiger partial charge in [0.15, 0.2) is 0 Å². The SMILES string of the molecule is CC(C)OCCOCc1cccc(NC(=O)C2(CN)CCOCC2)c1. The van der Waals surface area contributed by atoms with Crippen LogP contribution in [0.2, 0.25) is 0 Å². The lowest BCUT2D eigenvalue weighted by Crippen LogP contribution is -2.46. The van der Waals surface area contributed by atoms with Gasteiger partial charge in [0.25, 0.3) is 0 Å². The molecule has 6 heteroatoms. The first-order chi connectivity index (χ1) is 12.1. The second kappa shape index (κ2) is 9.87. The number of rotatable bonds is 9. The number of carbonyl (C=O) groups is 1. The molecular formula is C19H30N2O4. The lowest BCUT2D eigenvalue weighted by atomic mass is 9.79. The fourth-order valence-corrected chi connectivity index (χ4v) is 2.82. The molecular weight excluding hydrogens is 320 g/mol. The molecule has 0 saturated carbocycles. The first-order valence-electron chi connectivity index (χ1n) is 8.93. The van der Waals surface area contributed by atoms with Crippen LogP contribution in [-0.4, -0.2) is 45.0 Å². The van der Waals surface area contributed by atoms with E-state index < -0.39 is 5.41 Å². The van der Waals surface area contributed by atoms with Crippen molar-refractivity contribution in [3.05, 3.63) is 29.8 Å². The molecule has 25 heavy (non-hydrogen) atoms. The predicted molar refractivity (Wildman–Crippen MR) is 97.4 cm³/mol. The van der Waals surface area contributed by atoms with Crippen molar-refractivity contribution in [2.45, 2.75) is 39.4 Å². The first kappa shape index (κ1) is 19.8. The molecule has 0 aromatic heterocycles. The number of hydrogen-bond donors (Lipinski definition) is 2. The van der Waals surface area contributed by atoms with Gasteiger partial charge in [-0.05, 0) is 44.4 Å². The summed E-state index contributed by atoms with van der Waals surface area (Å²) in [5, 5.41) is 3.01. The fourth-order valence-electron chi connectivity index (χ4n) is 2.82. The lowest BCUT2D eigenvalue weighted by Gasteiger charge is -2.34. The third kappa shape index (κ3) is 6.08. The second-order valence-electron chi connectivity index (χ2n) is 6.72. The van der Waals surface area contributed by atoms with Crippen LogP contribution in [0.5, 0.6) is 0 Å². The van der Waals surface area contributed by atoms with Crippen molar-refractivity contribution in [1.29, 1.82) is 0 Å². The van der Waals surface area contributed by atoms with Gasteiger partial charge in [-0.25, -0.2) is 0 Å². The van der Waals surface area contributed by atoms with Crippen LogP contribution in [-0.2, 0) is 25.6 Å². The van der Waals surface area contributed by atoms with E-state index in [1.54, 1.807) is 0 Å². The molecule has 0 aliphatic carbocycles. The van der Waals surface area contributed by atoms with Gasteiger partial charge in [0.1, 0.15) is 0 Å². The Kier molecular flexibility index (Phi) is 7.84. The van der Waals surface area contributed by atoms with Gasteiger partial charge in [0, 0.05) is 25.4 Å². The summed E-state index contributed by atoms with van der Waals surface area (Å²) in [6, 6.07) is 7.71. The summed E-state index contributed by atoms with van der Waals surface area (Å²) >= 11 is 0. The van der Waals surface area contributed by atoms with Crippen LogP contribution in [0.25, 0.3) is 0 Å². The van der Waals surface area contributed by atoms with Crippen molar-refractivity contribution in [2.24, 2.45) is 11.1 Å². The van der Waals surface area contributed by atoms with Crippen LogP contribution in [0.3, 0.4) is 0 Å². The van der Waals surface area contributed by atoms with Gasteiger partial charge in [-0.2, -0.15) is 0 Å². The first-order valence-corrected chi connectivity index (χ1v) is 8.93. The van der Waals surface area contributed by atoms with Gasteiger partial charge < -0.3 is 25.3 Å². The van der Waals surface area contributed by atoms with Gasteiger partial charge in [-0.15, -0.1) is 0 Å². The molecule has 3 N–H and O–H groups in total. The van der Waals surface area contributed by atoms with Crippen LogP contribution < -0.4 is 11.1 Å². The summed E-state index contributed by atoms with van der Waals surface area (Å²) in [6.45, 7) is 7.10. The van der Waals surface area contributed by atoms with Gasteiger partial charge in [0.2, 0.25) is 5.91 Å². The molecule has 6 nitrogen and oxygen atoms in total. The van der Waals surface area contributed by atoms with E-state index in [1.807, 2.05) is 38.1 Å². The van der Waals surface area contributed by atoms with Gasteiger partial charge in [-0.3, -0.25) is 4.79 Å². The Balaban J connectivity index is 1.86. The lowest BCUT2D eigenvalue weighted by molar-refractivity contribution is -0.130. The van der Waals surface area contributed by atoms with Crippen LogP contribution in [0, 0.1) is 5.41 Å². The molecule has 1 aliphatic rings. The third-order valence-electron chi connectivity index (χ3n) is 4.45. The summed E-state index contributed by atoms with van der Waals surface area (Å²) in [5.74, 6) is -0.0262. The van der Waals surface area contributed by atoms with E-state index in [1.165, 1.54) is 0 Å². The number of hydrogen-bond acceptors (Lipinski definition) is 5. The summed E-state index contributed by atoms with van der Waals surface area (Å²) < 4.78 is 16.4. The topological polar surface area (TPSA) is 82.8 Å². The molecule has 0 bridgehead atoms. The average molecular weight is 350 g/mol. The van der Waals surface area contributed by atoms with Crippen LogP contribution >= 0.6 is 0 Å². The second-order valence-corrected chi connectivity index (χ2v) is 6.72. The van der Waals surface area contributed by atoms with E-state index in [4.69, 9.17) is 19.9 Å². The number of benzene rings is 1. The predicted octanol–water partition coefficient (Wildman–Crippen LogP) is 2.32. The summed E-state index contributed by atoms with van der Waals surface area (Å²) in [5.41, 5.74) is 7.14. The number of carbonyl (C=O) groups excluding carboxylic acids is 1. The van der Waals surface area contributed by atoms with E-state index in [2.05, 4.69) is 5.32 Å². The molecule has 1 aromatic carbocycles. The quantitative estimate of drug-likeness (QED) is 0.668. The number of ether oxygens (including phenoxy) is 3. The number of nitrogens with one attached hydrogen (secondary N) is 1. The minimum Gasteiger partial charge on any atom is -0.381 e. The van der Waals surface area contributed by atoms with Crippen molar-refractivity contribution in [2.75, 3.05) is 38.3 Å². The molecule has 2 rings (SSSR count). The van der Waals surface area contributed by atoms with Crippen LogP contribution in [0.4, 0.5) is 5.69 Å². The van der Waals surface area contributed by atoms with Gasteiger partial charge in [0.05, 0.1) is 31.3 Å². The van der Waals surface area contributed by atoms with E-state index in [9.17, 15) is 4.79 Å². The highest BCUT2D eigenvalue weighted by molar-refractivity contribution is 5.95. The zero-order valence-electron chi connectivity index (χ0n) is 15.3. The van der Waals surface area contributed by atoms with Crippen molar-refractivity contribution in [3.8, 4) is 0 Å². The maximum atomic E-state index is 12.7. The number of anilines is 1. The smallest absolute Gasteiger partial charge is 0.232 e. The molecule has 1 aromatic rings. The fraction of sp³-hybridized carbons (Fsp3) is 0.632. The Morgan fingerprint density at radius 3 is 2.76 bits per heavy atom. The zero-order valence-corrected chi connectivity index (χ0v) is 15.3. The monoisotopic (exact) mass is 350 g/mol. The molecule has 0 atom stereocenters. The molecule has 1 amide bonds.